The molecular formula is C17H17O3S+. The number of rotatable bonds is 6. The summed E-state index contributed by atoms with van der Waals surface area (Å²) in [7, 11) is -0.608. The predicted octanol–water partition coefficient (Wildman–Crippen LogP) is 2.94. The number of ketones is 1. The summed E-state index contributed by atoms with van der Waals surface area (Å²) in [4.78, 5) is 24.3. The fraction of sp³-hybridized carbons (Fsp3) is 0.176. The second-order valence-corrected chi connectivity index (χ2v) is 6.82. The van der Waals surface area contributed by atoms with Crippen molar-refractivity contribution in [2.45, 2.75) is 11.8 Å². The molecule has 0 fully saturated rings. The number of aliphatic carboxylic acids is 1. The SMILES string of the molecule is Cc1cccc([S+](CC(=O)O)CC(=O)c2ccccc2)c1. The number of benzene rings is 2. The topological polar surface area (TPSA) is 54.4 Å². The van der Waals surface area contributed by atoms with E-state index in [1.54, 1.807) is 12.1 Å². The van der Waals surface area contributed by atoms with Gasteiger partial charge in [0, 0.05) is 16.5 Å². The van der Waals surface area contributed by atoms with Crippen LogP contribution in [0.25, 0.3) is 0 Å². The van der Waals surface area contributed by atoms with Gasteiger partial charge < -0.3 is 5.11 Å². The maximum atomic E-state index is 12.3. The van der Waals surface area contributed by atoms with Crippen molar-refractivity contribution in [3.05, 3.63) is 65.7 Å². The van der Waals surface area contributed by atoms with Crippen LogP contribution in [-0.4, -0.2) is 28.4 Å². The van der Waals surface area contributed by atoms with Gasteiger partial charge in [-0.1, -0.05) is 42.5 Å². The van der Waals surface area contributed by atoms with Gasteiger partial charge in [0.15, 0.2) is 10.6 Å². The smallest absolute Gasteiger partial charge is 0.354 e. The first kappa shape index (κ1) is 15.3. The third kappa shape index (κ3) is 4.46. The number of carboxylic acids is 1. The molecule has 1 unspecified atom stereocenters. The second-order valence-electron chi connectivity index (χ2n) is 4.78. The van der Waals surface area contributed by atoms with Crippen LogP contribution in [-0.2, 0) is 15.7 Å². The van der Waals surface area contributed by atoms with Crippen LogP contribution >= 0.6 is 0 Å². The molecule has 2 aromatic carbocycles. The molecule has 0 radical (unpaired) electrons. The molecular weight excluding hydrogens is 284 g/mol. The average Bonchev–Trinajstić information content (AvgIpc) is 2.47. The maximum absolute atomic E-state index is 12.3. The fourth-order valence-corrected chi connectivity index (χ4v) is 3.87. The van der Waals surface area contributed by atoms with E-state index in [4.69, 9.17) is 5.11 Å². The van der Waals surface area contributed by atoms with E-state index in [0.717, 1.165) is 10.5 Å². The van der Waals surface area contributed by atoms with E-state index in [-0.39, 0.29) is 17.3 Å². The molecule has 21 heavy (non-hydrogen) atoms. The largest absolute Gasteiger partial charge is 0.478 e. The van der Waals surface area contributed by atoms with Crippen molar-refractivity contribution < 1.29 is 14.7 Å². The zero-order valence-electron chi connectivity index (χ0n) is 11.8. The highest BCUT2D eigenvalue weighted by atomic mass is 32.2. The van der Waals surface area contributed by atoms with Crippen molar-refractivity contribution in [2.75, 3.05) is 11.5 Å². The lowest BCUT2D eigenvalue weighted by Gasteiger charge is -2.07. The minimum atomic E-state index is -0.874. The molecule has 108 valence electrons. The Morgan fingerprint density at radius 2 is 1.71 bits per heavy atom. The van der Waals surface area contributed by atoms with E-state index < -0.39 is 16.9 Å². The minimum Gasteiger partial charge on any atom is -0.478 e. The molecule has 0 spiro atoms. The molecule has 0 aliphatic heterocycles. The van der Waals surface area contributed by atoms with Crippen molar-refractivity contribution in [1.82, 2.24) is 0 Å². The summed E-state index contributed by atoms with van der Waals surface area (Å²) < 4.78 is 0. The maximum Gasteiger partial charge on any atom is 0.354 e. The Morgan fingerprint density at radius 3 is 2.33 bits per heavy atom. The van der Waals surface area contributed by atoms with Crippen LogP contribution < -0.4 is 0 Å². The fourth-order valence-electron chi connectivity index (χ4n) is 2.03. The van der Waals surface area contributed by atoms with Crippen molar-refractivity contribution in [3.63, 3.8) is 0 Å². The number of Topliss-reactive ketones (excluding diaryl/α,β-unsaturated/α-hetero) is 1. The highest BCUT2D eigenvalue weighted by molar-refractivity contribution is 7.98. The Balaban J connectivity index is 2.21. The number of hydrogen-bond donors (Lipinski definition) is 1. The highest BCUT2D eigenvalue weighted by Crippen LogP contribution is 2.17. The standard InChI is InChI=1S/C17H16O3S/c1-13-6-5-9-15(10-13)21(12-17(19)20)11-16(18)14-7-3-2-4-8-14/h2-10H,11-12H2,1H3/p+1. The van der Waals surface area contributed by atoms with E-state index in [9.17, 15) is 9.59 Å². The molecule has 0 aliphatic carbocycles. The van der Waals surface area contributed by atoms with Crippen molar-refractivity contribution in [1.29, 1.82) is 0 Å². The molecule has 3 nitrogen and oxygen atoms in total. The number of aryl methyl sites for hydroxylation is 1. The van der Waals surface area contributed by atoms with Gasteiger partial charge in [-0.15, -0.1) is 0 Å². The third-order valence-electron chi connectivity index (χ3n) is 3.02. The van der Waals surface area contributed by atoms with Crippen LogP contribution in [0.5, 0.6) is 0 Å². The van der Waals surface area contributed by atoms with Crippen LogP contribution in [0.15, 0.2) is 59.5 Å². The second kappa shape index (κ2) is 7.09. The molecule has 1 N–H and O–H groups in total. The van der Waals surface area contributed by atoms with E-state index in [1.807, 2.05) is 49.4 Å². The summed E-state index contributed by atoms with van der Waals surface area (Å²) in [5.74, 6) is -0.663. The van der Waals surface area contributed by atoms with Gasteiger partial charge in [0.25, 0.3) is 0 Å². The number of carboxylic acid groups (broad SMARTS) is 1. The van der Waals surface area contributed by atoms with Crippen LogP contribution in [0, 0.1) is 6.92 Å². The lowest BCUT2D eigenvalue weighted by Crippen LogP contribution is -2.24. The first-order valence-electron chi connectivity index (χ1n) is 6.60. The number of carbonyl (C=O) groups is 2. The van der Waals surface area contributed by atoms with E-state index in [0.29, 0.717) is 5.56 Å². The molecule has 0 saturated carbocycles. The van der Waals surface area contributed by atoms with Crippen LogP contribution in [0.3, 0.4) is 0 Å². The van der Waals surface area contributed by atoms with Gasteiger partial charge in [0.1, 0.15) is 0 Å². The zero-order valence-corrected chi connectivity index (χ0v) is 12.6. The van der Waals surface area contributed by atoms with Gasteiger partial charge >= 0.3 is 5.97 Å². The molecule has 0 amide bonds. The predicted molar refractivity (Wildman–Crippen MR) is 85.0 cm³/mol. The Morgan fingerprint density at radius 1 is 1.00 bits per heavy atom. The van der Waals surface area contributed by atoms with Crippen LogP contribution in [0.2, 0.25) is 0 Å². The minimum absolute atomic E-state index is 0.0119. The van der Waals surface area contributed by atoms with Gasteiger partial charge in [-0.05, 0) is 24.6 Å². The van der Waals surface area contributed by atoms with Crippen LogP contribution in [0.1, 0.15) is 15.9 Å². The van der Waals surface area contributed by atoms with E-state index in [1.165, 1.54) is 0 Å². The quantitative estimate of drug-likeness (QED) is 0.659. The Bertz CT molecular complexity index is 637. The molecule has 0 saturated heterocycles. The molecule has 2 aromatic rings. The summed E-state index contributed by atoms with van der Waals surface area (Å²) in [6, 6.07) is 16.7. The van der Waals surface area contributed by atoms with Gasteiger partial charge in [0.2, 0.25) is 11.5 Å². The van der Waals surface area contributed by atoms with Gasteiger partial charge in [-0.3, -0.25) is 4.79 Å². The molecule has 0 aliphatic rings. The Hall–Kier alpha value is -2.07. The van der Waals surface area contributed by atoms with Gasteiger partial charge in [0.05, 0.1) is 0 Å². The molecule has 0 bridgehead atoms. The summed E-state index contributed by atoms with van der Waals surface area (Å²) in [5, 5.41) is 9.09. The number of hydrogen-bond acceptors (Lipinski definition) is 2. The monoisotopic (exact) mass is 301 g/mol. The van der Waals surface area contributed by atoms with E-state index in [2.05, 4.69) is 0 Å². The Labute approximate surface area is 127 Å². The first-order valence-corrected chi connectivity index (χ1v) is 8.17. The lowest BCUT2D eigenvalue weighted by molar-refractivity contribution is -0.133. The summed E-state index contributed by atoms with van der Waals surface area (Å²) in [6.45, 7) is 1.96. The van der Waals surface area contributed by atoms with E-state index >= 15 is 0 Å². The first-order chi connectivity index (χ1) is 10.1. The number of carbonyl (C=O) groups excluding carboxylic acids is 1. The molecule has 2 rings (SSSR count). The summed E-state index contributed by atoms with van der Waals surface area (Å²) >= 11 is 0. The highest BCUT2D eigenvalue weighted by Gasteiger charge is 2.29. The van der Waals surface area contributed by atoms with Crippen LogP contribution in [0.4, 0.5) is 0 Å². The third-order valence-corrected chi connectivity index (χ3v) is 5.15. The summed E-state index contributed by atoms with van der Waals surface area (Å²) in [5.41, 5.74) is 1.70. The van der Waals surface area contributed by atoms with Gasteiger partial charge in [-0.2, -0.15) is 0 Å². The molecule has 0 aromatic heterocycles. The van der Waals surface area contributed by atoms with Gasteiger partial charge in [-0.25, -0.2) is 4.79 Å². The normalized spacial score (nSPS) is 11.9. The average molecular weight is 301 g/mol. The van der Waals surface area contributed by atoms with Crippen molar-refractivity contribution >= 4 is 22.6 Å². The van der Waals surface area contributed by atoms with Crippen molar-refractivity contribution in [2.24, 2.45) is 0 Å². The summed E-state index contributed by atoms with van der Waals surface area (Å²) in [6.07, 6.45) is 0. The molecule has 0 heterocycles. The molecule has 1 atom stereocenters. The lowest BCUT2D eigenvalue weighted by atomic mass is 10.2. The zero-order chi connectivity index (χ0) is 15.2. The van der Waals surface area contributed by atoms with Crippen molar-refractivity contribution in [3.8, 4) is 0 Å². The molecule has 4 heteroatoms. The Kier molecular flexibility index (Phi) is 5.17.